The largest absolute Gasteiger partial charge is 0.208 e. The lowest BCUT2D eigenvalue weighted by atomic mass is 10.1. The summed E-state index contributed by atoms with van der Waals surface area (Å²) < 4.78 is 0. The number of hydrogen-bond acceptors (Lipinski definition) is 3. The van der Waals surface area contributed by atoms with Gasteiger partial charge in [-0.25, -0.2) is 15.0 Å². The van der Waals surface area contributed by atoms with Gasteiger partial charge in [-0.05, 0) is 39.0 Å². The molecule has 1 aromatic heterocycles. The third kappa shape index (κ3) is 3.77. The standard InChI is InChI=1S/C24H21N3/c1-16-7-4-10-19(13-16)22-25-23(20-11-5-8-17(2)14-20)27-24(26-22)21-12-6-9-18(3)15-21/h4-15H,1-3H3. The molecular weight excluding hydrogens is 330 g/mol. The van der Waals surface area contributed by atoms with Crippen LogP contribution in [0.4, 0.5) is 0 Å². The van der Waals surface area contributed by atoms with Gasteiger partial charge in [0.2, 0.25) is 0 Å². The first-order valence-corrected chi connectivity index (χ1v) is 9.06. The Morgan fingerprint density at radius 1 is 0.444 bits per heavy atom. The summed E-state index contributed by atoms with van der Waals surface area (Å²) in [6.45, 7) is 6.23. The maximum atomic E-state index is 4.78. The number of rotatable bonds is 3. The Morgan fingerprint density at radius 3 is 1.00 bits per heavy atom. The Bertz CT molecular complexity index is 962. The third-order valence-corrected chi connectivity index (χ3v) is 4.46. The zero-order chi connectivity index (χ0) is 18.8. The van der Waals surface area contributed by atoms with Crippen molar-refractivity contribution < 1.29 is 0 Å². The minimum atomic E-state index is 0.696. The van der Waals surface area contributed by atoms with Gasteiger partial charge in [0.05, 0.1) is 0 Å². The maximum absolute atomic E-state index is 4.78. The molecule has 27 heavy (non-hydrogen) atoms. The molecule has 0 bridgehead atoms. The monoisotopic (exact) mass is 351 g/mol. The minimum absolute atomic E-state index is 0.696. The van der Waals surface area contributed by atoms with E-state index in [0.29, 0.717) is 17.5 Å². The van der Waals surface area contributed by atoms with Crippen molar-refractivity contribution in [3.8, 4) is 34.2 Å². The first kappa shape index (κ1) is 17.1. The fraction of sp³-hybridized carbons (Fsp3) is 0.125. The van der Waals surface area contributed by atoms with Gasteiger partial charge in [-0.2, -0.15) is 0 Å². The van der Waals surface area contributed by atoms with E-state index in [1.165, 1.54) is 16.7 Å². The van der Waals surface area contributed by atoms with Crippen LogP contribution in [0.25, 0.3) is 34.2 Å². The van der Waals surface area contributed by atoms with Crippen LogP contribution in [0.1, 0.15) is 16.7 Å². The van der Waals surface area contributed by atoms with Crippen LogP contribution in [-0.2, 0) is 0 Å². The third-order valence-electron chi connectivity index (χ3n) is 4.46. The van der Waals surface area contributed by atoms with Gasteiger partial charge in [0.15, 0.2) is 17.5 Å². The van der Waals surface area contributed by atoms with E-state index in [-0.39, 0.29) is 0 Å². The van der Waals surface area contributed by atoms with Crippen molar-refractivity contribution in [1.29, 1.82) is 0 Å². The van der Waals surface area contributed by atoms with E-state index >= 15 is 0 Å². The smallest absolute Gasteiger partial charge is 0.164 e. The molecule has 4 aromatic rings. The molecule has 0 spiro atoms. The number of nitrogens with zero attached hydrogens (tertiary/aromatic N) is 3. The first-order valence-electron chi connectivity index (χ1n) is 9.06. The average Bonchev–Trinajstić information content (AvgIpc) is 2.68. The molecule has 3 aromatic carbocycles. The normalized spacial score (nSPS) is 10.8. The molecule has 0 saturated carbocycles. The minimum Gasteiger partial charge on any atom is -0.208 e. The van der Waals surface area contributed by atoms with Crippen LogP contribution < -0.4 is 0 Å². The molecule has 0 N–H and O–H groups in total. The topological polar surface area (TPSA) is 38.7 Å². The molecule has 132 valence electrons. The molecule has 0 amide bonds. The Hall–Kier alpha value is -3.33. The SMILES string of the molecule is Cc1cccc(-c2nc(-c3cccc(C)c3)nc(-c3cccc(C)c3)n2)c1. The Labute approximate surface area is 159 Å². The van der Waals surface area contributed by atoms with Crippen LogP contribution in [0.3, 0.4) is 0 Å². The van der Waals surface area contributed by atoms with Crippen LogP contribution in [-0.4, -0.2) is 15.0 Å². The molecule has 3 heteroatoms. The molecular formula is C24H21N3. The van der Waals surface area contributed by atoms with E-state index in [2.05, 4.69) is 57.2 Å². The van der Waals surface area contributed by atoms with Crippen molar-refractivity contribution in [3.05, 3.63) is 89.5 Å². The van der Waals surface area contributed by atoms with Crippen molar-refractivity contribution in [3.63, 3.8) is 0 Å². The summed E-state index contributed by atoms with van der Waals surface area (Å²) in [7, 11) is 0. The van der Waals surface area contributed by atoms with E-state index in [0.717, 1.165) is 16.7 Å². The van der Waals surface area contributed by atoms with Crippen LogP contribution in [0.15, 0.2) is 72.8 Å². The molecule has 0 aliphatic carbocycles. The second-order valence-electron chi connectivity index (χ2n) is 6.91. The van der Waals surface area contributed by atoms with Gasteiger partial charge in [-0.3, -0.25) is 0 Å². The van der Waals surface area contributed by atoms with Crippen LogP contribution in [0.5, 0.6) is 0 Å². The molecule has 4 rings (SSSR count). The van der Waals surface area contributed by atoms with E-state index in [1.807, 2.05) is 36.4 Å². The highest BCUT2D eigenvalue weighted by atomic mass is 15.0. The Kier molecular flexibility index (Phi) is 4.51. The number of benzene rings is 3. The fourth-order valence-corrected chi connectivity index (χ4v) is 3.12. The highest BCUT2D eigenvalue weighted by molar-refractivity contribution is 5.67. The molecule has 1 heterocycles. The summed E-state index contributed by atoms with van der Waals surface area (Å²) in [5, 5.41) is 0. The predicted molar refractivity (Wildman–Crippen MR) is 110 cm³/mol. The second-order valence-corrected chi connectivity index (χ2v) is 6.91. The van der Waals surface area contributed by atoms with E-state index in [1.54, 1.807) is 0 Å². The second kappa shape index (κ2) is 7.12. The highest BCUT2D eigenvalue weighted by Crippen LogP contribution is 2.25. The molecule has 3 nitrogen and oxygen atoms in total. The van der Waals surface area contributed by atoms with Crippen LogP contribution in [0.2, 0.25) is 0 Å². The lowest BCUT2D eigenvalue weighted by Gasteiger charge is -2.09. The lowest BCUT2D eigenvalue weighted by molar-refractivity contribution is 1.07. The van der Waals surface area contributed by atoms with Gasteiger partial charge in [0, 0.05) is 16.7 Å². The van der Waals surface area contributed by atoms with Gasteiger partial charge in [-0.1, -0.05) is 71.3 Å². The summed E-state index contributed by atoms with van der Waals surface area (Å²) in [6.07, 6.45) is 0. The van der Waals surface area contributed by atoms with Gasteiger partial charge in [-0.15, -0.1) is 0 Å². The van der Waals surface area contributed by atoms with E-state index in [4.69, 9.17) is 15.0 Å². The number of hydrogen-bond donors (Lipinski definition) is 0. The van der Waals surface area contributed by atoms with Crippen LogP contribution in [0, 0.1) is 20.8 Å². The van der Waals surface area contributed by atoms with Gasteiger partial charge >= 0.3 is 0 Å². The van der Waals surface area contributed by atoms with E-state index < -0.39 is 0 Å². The summed E-state index contributed by atoms with van der Waals surface area (Å²) in [5.41, 5.74) is 6.55. The lowest BCUT2D eigenvalue weighted by Crippen LogP contribution is -2.00. The van der Waals surface area contributed by atoms with Gasteiger partial charge in [0.1, 0.15) is 0 Å². The fourth-order valence-electron chi connectivity index (χ4n) is 3.12. The van der Waals surface area contributed by atoms with Crippen molar-refractivity contribution >= 4 is 0 Å². The number of aromatic nitrogens is 3. The Morgan fingerprint density at radius 2 is 0.741 bits per heavy atom. The van der Waals surface area contributed by atoms with Crippen molar-refractivity contribution in [2.24, 2.45) is 0 Å². The summed E-state index contributed by atoms with van der Waals surface area (Å²) in [6, 6.07) is 24.8. The van der Waals surface area contributed by atoms with Gasteiger partial charge in [0.25, 0.3) is 0 Å². The highest BCUT2D eigenvalue weighted by Gasteiger charge is 2.12. The molecule has 0 unspecified atom stereocenters. The molecule has 0 atom stereocenters. The zero-order valence-electron chi connectivity index (χ0n) is 15.8. The van der Waals surface area contributed by atoms with Crippen molar-refractivity contribution in [1.82, 2.24) is 15.0 Å². The zero-order valence-corrected chi connectivity index (χ0v) is 15.8. The van der Waals surface area contributed by atoms with Crippen LogP contribution >= 0.6 is 0 Å². The molecule has 0 radical (unpaired) electrons. The average molecular weight is 351 g/mol. The summed E-state index contributed by atoms with van der Waals surface area (Å²) in [4.78, 5) is 14.3. The van der Waals surface area contributed by atoms with Gasteiger partial charge < -0.3 is 0 Å². The quantitative estimate of drug-likeness (QED) is 0.468. The molecule has 0 aliphatic rings. The summed E-state index contributed by atoms with van der Waals surface area (Å²) >= 11 is 0. The Balaban J connectivity index is 1.94. The van der Waals surface area contributed by atoms with Crippen molar-refractivity contribution in [2.45, 2.75) is 20.8 Å². The predicted octanol–water partition coefficient (Wildman–Crippen LogP) is 5.80. The number of aryl methyl sites for hydroxylation is 3. The van der Waals surface area contributed by atoms with E-state index in [9.17, 15) is 0 Å². The molecule has 0 aliphatic heterocycles. The van der Waals surface area contributed by atoms with Crippen molar-refractivity contribution in [2.75, 3.05) is 0 Å². The molecule has 0 saturated heterocycles. The maximum Gasteiger partial charge on any atom is 0.164 e. The molecule has 0 fully saturated rings. The first-order chi connectivity index (χ1) is 13.1. The summed E-state index contributed by atoms with van der Waals surface area (Å²) in [5.74, 6) is 2.09.